The number of benzene rings is 1. The number of Topliss-reactive ketones (excluding diaryl/α,β-unsaturated/α-hetero) is 1. The molecule has 1 aromatic carbocycles. The molecule has 0 saturated heterocycles. The highest BCUT2D eigenvalue weighted by Gasteiger charge is 2.14. The normalized spacial score (nSPS) is 10.2. The van der Waals surface area contributed by atoms with Crippen LogP contribution >= 0.6 is 27.3 Å². The van der Waals surface area contributed by atoms with Gasteiger partial charge in [-0.2, -0.15) is 4.57 Å². The first kappa shape index (κ1) is 15.4. The molecule has 0 bridgehead atoms. The number of thiophene rings is 1. The quantitative estimate of drug-likeness (QED) is 0.461. The maximum atomic E-state index is 12.1. The minimum absolute atomic E-state index is 0. The van der Waals surface area contributed by atoms with E-state index in [4.69, 9.17) is 0 Å². The van der Waals surface area contributed by atoms with Gasteiger partial charge < -0.3 is 17.0 Å². The van der Waals surface area contributed by atoms with E-state index >= 15 is 0 Å². The Balaban J connectivity index is 0.00000147. The number of halogens is 2. The summed E-state index contributed by atoms with van der Waals surface area (Å²) >= 11 is 4.85. The second-order valence-corrected chi connectivity index (χ2v) is 6.74. The molecule has 0 spiro atoms. The van der Waals surface area contributed by atoms with Crippen molar-refractivity contribution in [2.45, 2.75) is 6.54 Å². The summed E-state index contributed by atoms with van der Waals surface area (Å²) in [4.78, 5) is 12.9. The van der Waals surface area contributed by atoms with Gasteiger partial charge in [0.15, 0.2) is 12.4 Å². The first-order valence-electron chi connectivity index (χ1n) is 5.89. The summed E-state index contributed by atoms with van der Waals surface area (Å²) in [6.45, 7) is 0.373. The van der Waals surface area contributed by atoms with Gasteiger partial charge in [0.25, 0.3) is 0 Å². The van der Waals surface area contributed by atoms with Crippen LogP contribution in [0.4, 0.5) is 0 Å². The predicted octanol–water partition coefficient (Wildman–Crippen LogP) is 0.838. The molecule has 0 atom stereocenters. The van der Waals surface area contributed by atoms with Crippen LogP contribution in [0.2, 0.25) is 0 Å². The van der Waals surface area contributed by atoms with Gasteiger partial charge in [0.2, 0.25) is 12.3 Å². The zero-order valence-corrected chi connectivity index (χ0v) is 14.4. The predicted molar refractivity (Wildman–Crippen MR) is 80.5 cm³/mol. The van der Waals surface area contributed by atoms with E-state index in [0.717, 1.165) is 14.0 Å². The third-order valence-electron chi connectivity index (χ3n) is 2.92. The lowest BCUT2D eigenvalue weighted by Gasteiger charge is -1.98. The first-order valence-corrected chi connectivity index (χ1v) is 7.50. The number of ketones is 1. The largest absolute Gasteiger partial charge is 1.00 e. The highest BCUT2D eigenvalue weighted by Crippen LogP contribution is 2.22. The Hall–Kier alpha value is -1.04. The van der Waals surface area contributed by atoms with Crippen molar-refractivity contribution in [3.05, 3.63) is 63.5 Å². The van der Waals surface area contributed by atoms with Crippen molar-refractivity contribution >= 4 is 43.8 Å². The van der Waals surface area contributed by atoms with Gasteiger partial charge in [0, 0.05) is 11.5 Å². The molecule has 2 heterocycles. The minimum atomic E-state index is 0. The smallest absolute Gasteiger partial charge is 0.237 e. The third kappa shape index (κ3) is 3.34. The summed E-state index contributed by atoms with van der Waals surface area (Å²) < 4.78 is 2.91. The molecular weight excluding hydrogens is 402 g/mol. The van der Waals surface area contributed by atoms with Crippen LogP contribution < -0.4 is 21.5 Å². The Kier molecular flexibility index (Phi) is 5.07. The number of hydrogen-bond donors (Lipinski definition) is 0. The number of carbonyl (C=O) groups excluding carboxylic acids is 1. The molecule has 0 aliphatic heterocycles. The summed E-state index contributed by atoms with van der Waals surface area (Å²) in [6, 6.07) is 13.9. The maximum absolute atomic E-state index is 12.1. The monoisotopic (exact) mass is 411 g/mol. The van der Waals surface area contributed by atoms with E-state index in [0.29, 0.717) is 6.54 Å². The van der Waals surface area contributed by atoms with Gasteiger partial charge in [-0.3, -0.25) is 4.79 Å². The van der Waals surface area contributed by atoms with Crippen molar-refractivity contribution in [1.29, 1.82) is 0 Å². The molecule has 0 aliphatic rings. The van der Waals surface area contributed by atoms with Gasteiger partial charge in [0.05, 0.1) is 8.66 Å². The van der Waals surface area contributed by atoms with E-state index in [1.165, 1.54) is 16.7 Å². The molecule has 3 aromatic rings. The average molecular weight is 413 g/mol. The van der Waals surface area contributed by atoms with Gasteiger partial charge in [-0.25, -0.2) is 0 Å². The lowest BCUT2D eigenvalue weighted by atomic mass is 10.2. The highest BCUT2D eigenvalue weighted by molar-refractivity contribution is 9.11. The van der Waals surface area contributed by atoms with Gasteiger partial charge in [-0.05, 0) is 39.5 Å². The Morgan fingerprint density at radius 1 is 1.10 bits per heavy atom. The Labute approximate surface area is 140 Å². The van der Waals surface area contributed by atoms with E-state index in [-0.39, 0.29) is 22.8 Å². The Bertz CT molecular complexity index is 754. The standard InChI is InChI=1S/C15H11BrNOS.BrH/c16-15-6-5-14(19-15)13(18)10-17-8-7-11-3-1-2-4-12(11)9-17;/h1-9H,10H2;1H/q+1;/p-1. The summed E-state index contributed by atoms with van der Waals surface area (Å²) in [7, 11) is 0. The van der Waals surface area contributed by atoms with Gasteiger partial charge in [-0.1, -0.05) is 18.2 Å². The van der Waals surface area contributed by atoms with Gasteiger partial charge in [0.1, 0.15) is 0 Å². The zero-order chi connectivity index (χ0) is 13.2. The van der Waals surface area contributed by atoms with Gasteiger partial charge >= 0.3 is 0 Å². The summed E-state index contributed by atoms with van der Waals surface area (Å²) in [5.41, 5.74) is 0. The minimum Gasteiger partial charge on any atom is -1.00 e. The third-order valence-corrected chi connectivity index (χ3v) is 4.59. The van der Waals surface area contributed by atoms with Crippen LogP contribution in [0.25, 0.3) is 10.8 Å². The zero-order valence-electron chi connectivity index (χ0n) is 10.4. The van der Waals surface area contributed by atoms with Crippen molar-refractivity contribution in [3.63, 3.8) is 0 Å². The lowest BCUT2D eigenvalue weighted by molar-refractivity contribution is -0.681. The summed E-state index contributed by atoms with van der Waals surface area (Å²) in [5.74, 6) is 0.135. The van der Waals surface area contributed by atoms with Gasteiger partial charge in [-0.15, -0.1) is 11.3 Å². The number of aromatic nitrogens is 1. The SMILES string of the molecule is O=C(C[n+]1ccc2ccccc2c1)c1ccc(Br)s1.[Br-]. The average Bonchev–Trinajstić information content (AvgIpc) is 2.85. The molecule has 0 N–H and O–H groups in total. The summed E-state index contributed by atoms with van der Waals surface area (Å²) in [5, 5.41) is 2.33. The molecule has 102 valence electrons. The molecule has 0 unspecified atom stereocenters. The Morgan fingerprint density at radius 3 is 2.55 bits per heavy atom. The molecule has 20 heavy (non-hydrogen) atoms. The maximum Gasteiger partial charge on any atom is 0.237 e. The van der Waals surface area contributed by atoms with Crippen LogP contribution in [-0.2, 0) is 6.54 Å². The second-order valence-electron chi connectivity index (χ2n) is 4.27. The Morgan fingerprint density at radius 2 is 1.85 bits per heavy atom. The van der Waals surface area contributed by atoms with Crippen LogP contribution in [0, 0.1) is 0 Å². The molecule has 0 aliphatic carbocycles. The van der Waals surface area contributed by atoms with Crippen LogP contribution in [0.5, 0.6) is 0 Å². The van der Waals surface area contributed by atoms with E-state index < -0.39 is 0 Å². The van der Waals surface area contributed by atoms with E-state index in [1.807, 2.05) is 47.3 Å². The molecular formula is C15H11Br2NOS. The first-order chi connectivity index (χ1) is 9.22. The second kappa shape index (κ2) is 6.61. The number of carbonyl (C=O) groups is 1. The van der Waals surface area contributed by atoms with E-state index in [1.54, 1.807) is 0 Å². The fourth-order valence-electron chi connectivity index (χ4n) is 1.98. The van der Waals surface area contributed by atoms with Crippen molar-refractivity contribution in [3.8, 4) is 0 Å². The van der Waals surface area contributed by atoms with Crippen molar-refractivity contribution < 1.29 is 26.3 Å². The van der Waals surface area contributed by atoms with Crippen molar-refractivity contribution in [2.24, 2.45) is 0 Å². The number of fused-ring (bicyclic) bond motifs is 1. The number of nitrogens with zero attached hydrogens (tertiary/aromatic N) is 1. The van der Waals surface area contributed by atoms with Crippen LogP contribution in [0.15, 0.2) is 58.6 Å². The molecule has 0 amide bonds. The molecule has 5 heteroatoms. The molecule has 0 radical (unpaired) electrons. The highest BCUT2D eigenvalue weighted by atomic mass is 79.9. The van der Waals surface area contributed by atoms with Crippen LogP contribution in [0.3, 0.4) is 0 Å². The molecule has 0 saturated carbocycles. The van der Waals surface area contributed by atoms with Crippen molar-refractivity contribution in [2.75, 3.05) is 0 Å². The van der Waals surface area contributed by atoms with E-state index in [2.05, 4.69) is 28.1 Å². The topological polar surface area (TPSA) is 20.9 Å². The van der Waals surface area contributed by atoms with E-state index in [9.17, 15) is 4.79 Å². The number of rotatable bonds is 3. The number of pyridine rings is 1. The fourth-order valence-corrected chi connectivity index (χ4v) is 3.30. The summed E-state index contributed by atoms with van der Waals surface area (Å²) in [6.07, 6.45) is 3.96. The lowest BCUT2D eigenvalue weighted by Crippen LogP contribution is -3.00. The van der Waals surface area contributed by atoms with Crippen molar-refractivity contribution in [1.82, 2.24) is 0 Å². The molecule has 2 nitrogen and oxygen atoms in total. The molecule has 0 fully saturated rings. The van der Waals surface area contributed by atoms with Crippen LogP contribution in [0.1, 0.15) is 9.67 Å². The fraction of sp³-hybridized carbons (Fsp3) is 0.0667. The molecule has 2 aromatic heterocycles. The van der Waals surface area contributed by atoms with Crippen LogP contribution in [-0.4, -0.2) is 5.78 Å². The number of hydrogen-bond acceptors (Lipinski definition) is 2. The molecule has 3 rings (SSSR count).